The lowest BCUT2D eigenvalue weighted by molar-refractivity contribution is -0.117. The normalized spacial score (nSPS) is 19.6. The summed E-state index contributed by atoms with van der Waals surface area (Å²) in [5, 5.41) is 0. The van der Waals surface area contributed by atoms with Crippen molar-refractivity contribution in [3.63, 3.8) is 0 Å². The van der Waals surface area contributed by atoms with Crippen LogP contribution in [-0.2, 0) is 14.8 Å². The monoisotopic (exact) mass is 296 g/mol. The van der Waals surface area contributed by atoms with E-state index in [1.807, 2.05) is 37.3 Å². The quantitative estimate of drug-likeness (QED) is 0.862. The van der Waals surface area contributed by atoms with E-state index in [1.165, 1.54) is 0 Å². The lowest BCUT2D eigenvalue weighted by atomic mass is 10.1. The van der Waals surface area contributed by atoms with Crippen LogP contribution in [0.3, 0.4) is 0 Å². The smallest absolute Gasteiger partial charge is 0.227 e. The molecule has 0 bridgehead atoms. The van der Waals surface area contributed by atoms with Crippen LogP contribution in [0.15, 0.2) is 30.3 Å². The molecule has 1 aliphatic rings. The number of sulfonamides is 1. The minimum Gasteiger partial charge on any atom is -0.312 e. The van der Waals surface area contributed by atoms with Gasteiger partial charge in [0.05, 0.1) is 5.75 Å². The molecule has 0 spiro atoms. The van der Waals surface area contributed by atoms with Gasteiger partial charge in [-0.15, -0.1) is 0 Å². The lowest BCUT2D eigenvalue weighted by Crippen LogP contribution is -2.32. The maximum atomic E-state index is 12.0. The zero-order valence-electron chi connectivity index (χ0n) is 11.6. The second-order valence-corrected chi connectivity index (χ2v) is 7.00. The molecule has 0 saturated carbocycles. The predicted octanol–water partition coefficient (Wildman–Crippen LogP) is 1.37. The number of amides is 1. The molecule has 5 nitrogen and oxygen atoms in total. The molecule has 0 unspecified atom stereocenters. The van der Waals surface area contributed by atoms with Gasteiger partial charge in [-0.05, 0) is 24.5 Å². The number of hydrogen-bond acceptors (Lipinski definition) is 3. The molecule has 0 aromatic heterocycles. The molecule has 110 valence electrons. The maximum absolute atomic E-state index is 12.0. The van der Waals surface area contributed by atoms with Crippen molar-refractivity contribution in [3.05, 3.63) is 30.3 Å². The summed E-state index contributed by atoms with van der Waals surface area (Å²) in [5.41, 5.74) is 0.872. The van der Waals surface area contributed by atoms with E-state index < -0.39 is 10.0 Å². The molecule has 1 atom stereocenters. The molecule has 1 fully saturated rings. The van der Waals surface area contributed by atoms with Crippen molar-refractivity contribution in [2.75, 3.05) is 23.7 Å². The minimum absolute atomic E-state index is 0.0364. The standard InChI is InChI=1S/C14H20N2O3S/c1-2-8-20(18,19)15-10-12-9-14(17)16(11-12)13-6-4-3-5-7-13/h3-7,12,15H,2,8-11H2,1H3/t12-/m0/s1. The molecule has 6 heteroatoms. The van der Waals surface area contributed by atoms with Crippen molar-refractivity contribution >= 4 is 21.6 Å². The Balaban J connectivity index is 1.93. The summed E-state index contributed by atoms with van der Waals surface area (Å²) < 4.78 is 25.8. The zero-order valence-corrected chi connectivity index (χ0v) is 12.4. The average molecular weight is 296 g/mol. The van der Waals surface area contributed by atoms with Crippen molar-refractivity contribution < 1.29 is 13.2 Å². The van der Waals surface area contributed by atoms with Gasteiger partial charge in [0.2, 0.25) is 15.9 Å². The highest BCUT2D eigenvalue weighted by atomic mass is 32.2. The van der Waals surface area contributed by atoms with Crippen molar-refractivity contribution in [1.82, 2.24) is 4.72 Å². The molecule has 1 aromatic rings. The SMILES string of the molecule is CCCS(=O)(=O)NC[C@@H]1CC(=O)N(c2ccccc2)C1. The van der Waals surface area contributed by atoms with Gasteiger partial charge in [-0.2, -0.15) is 0 Å². The fraction of sp³-hybridized carbons (Fsp3) is 0.500. The van der Waals surface area contributed by atoms with E-state index >= 15 is 0 Å². The molecule has 2 rings (SSSR count). The fourth-order valence-electron chi connectivity index (χ4n) is 2.36. The molecule has 1 aliphatic heterocycles. The minimum atomic E-state index is -3.20. The van der Waals surface area contributed by atoms with Gasteiger partial charge in [-0.3, -0.25) is 4.79 Å². The Hall–Kier alpha value is -1.40. The summed E-state index contributed by atoms with van der Waals surface area (Å²) in [6.07, 6.45) is 0.985. The van der Waals surface area contributed by atoms with Gasteiger partial charge in [0, 0.05) is 25.2 Å². The summed E-state index contributed by atoms with van der Waals surface area (Å²) in [5.74, 6) is 0.223. The third-order valence-electron chi connectivity index (χ3n) is 3.34. The van der Waals surface area contributed by atoms with Crippen LogP contribution in [0.4, 0.5) is 5.69 Å². The molecule has 1 aromatic carbocycles. The second-order valence-electron chi connectivity index (χ2n) is 5.08. The van der Waals surface area contributed by atoms with Gasteiger partial charge in [-0.1, -0.05) is 25.1 Å². The fourth-order valence-corrected chi connectivity index (χ4v) is 3.53. The highest BCUT2D eigenvalue weighted by molar-refractivity contribution is 7.89. The second kappa shape index (κ2) is 6.37. The van der Waals surface area contributed by atoms with Gasteiger partial charge < -0.3 is 4.90 Å². The molecule has 1 amide bonds. The van der Waals surface area contributed by atoms with Crippen molar-refractivity contribution in [2.24, 2.45) is 5.92 Å². The topological polar surface area (TPSA) is 66.5 Å². The number of para-hydroxylation sites is 1. The molecule has 20 heavy (non-hydrogen) atoms. The zero-order chi connectivity index (χ0) is 14.6. The summed E-state index contributed by atoms with van der Waals surface area (Å²) in [6.45, 7) is 2.73. The van der Waals surface area contributed by atoms with Gasteiger partial charge in [-0.25, -0.2) is 13.1 Å². The van der Waals surface area contributed by atoms with Gasteiger partial charge in [0.1, 0.15) is 0 Å². The highest BCUT2D eigenvalue weighted by Gasteiger charge is 2.30. The Morgan fingerprint density at radius 2 is 2.00 bits per heavy atom. The Morgan fingerprint density at radius 3 is 2.65 bits per heavy atom. The first-order chi connectivity index (χ1) is 9.52. The Bertz CT molecular complexity index is 557. The van der Waals surface area contributed by atoms with Crippen LogP contribution in [0.2, 0.25) is 0 Å². The summed E-state index contributed by atoms with van der Waals surface area (Å²) >= 11 is 0. The van der Waals surface area contributed by atoms with E-state index in [9.17, 15) is 13.2 Å². The van der Waals surface area contributed by atoms with E-state index in [4.69, 9.17) is 0 Å². The third kappa shape index (κ3) is 3.80. The largest absolute Gasteiger partial charge is 0.312 e. The van der Waals surface area contributed by atoms with Crippen LogP contribution < -0.4 is 9.62 Å². The molecule has 1 heterocycles. The maximum Gasteiger partial charge on any atom is 0.227 e. The van der Waals surface area contributed by atoms with Crippen molar-refractivity contribution in [3.8, 4) is 0 Å². The molecular weight excluding hydrogens is 276 g/mol. The van der Waals surface area contributed by atoms with E-state index in [0.717, 1.165) is 5.69 Å². The summed E-state index contributed by atoms with van der Waals surface area (Å²) in [6, 6.07) is 9.46. The van der Waals surface area contributed by atoms with Crippen LogP contribution in [0.1, 0.15) is 19.8 Å². The first kappa shape index (κ1) is 15.0. The Morgan fingerprint density at radius 1 is 1.30 bits per heavy atom. The third-order valence-corrected chi connectivity index (χ3v) is 4.89. The van der Waals surface area contributed by atoms with Crippen LogP contribution >= 0.6 is 0 Å². The predicted molar refractivity (Wildman–Crippen MR) is 79.0 cm³/mol. The molecule has 0 radical (unpaired) electrons. The van der Waals surface area contributed by atoms with E-state index in [2.05, 4.69) is 4.72 Å². The number of carbonyl (C=O) groups excluding carboxylic acids is 1. The summed E-state index contributed by atoms with van der Waals surface area (Å²) in [7, 11) is -3.20. The first-order valence-corrected chi connectivity index (χ1v) is 8.50. The Kier molecular flexibility index (Phi) is 4.77. The van der Waals surface area contributed by atoms with Crippen molar-refractivity contribution in [1.29, 1.82) is 0 Å². The van der Waals surface area contributed by atoms with E-state index in [-0.39, 0.29) is 17.6 Å². The van der Waals surface area contributed by atoms with Crippen LogP contribution in [0.25, 0.3) is 0 Å². The van der Waals surface area contributed by atoms with Gasteiger partial charge >= 0.3 is 0 Å². The van der Waals surface area contributed by atoms with E-state index in [1.54, 1.807) is 4.90 Å². The Labute approximate surface area is 120 Å². The van der Waals surface area contributed by atoms with Gasteiger partial charge in [0.25, 0.3) is 0 Å². The van der Waals surface area contributed by atoms with Crippen molar-refractivity contribution in [2.45, 2.75) is 19.8 Å². The number of rotatable bonds is 6. The van der Waals surface area contributed by atoms with Crippen LogP contribution in [0, 0.1) is 5.92 Å². The first-order valence-electron chi connectivity index (χ1n) is 6.84. The van der Waals surface area contributed by atoms with Crippen LogP contribution in [0.5, 0.6) is 0 Å². The summed E-state index contributed by atoms with van der Waals surface area (Å²) in [4.78, 5) is 13.7. The number of carbonyl (C=O) groups is 1. The lowest BCUT2D eigenvalue weighted by Gasteiger charge is -2.16. The number of anilines is 1. The highest BCUT2D eigenvalue weighted by Crippen LogP contribution is 2.24. The molecular formula is C14H20N2O3S. The van der Waals surface area contributed by atoms with E-state index in [0.29, 0.717) is 25.9 Å². The number of nitrogens with one attached hydrogen (secondary N) is 1. The number of benzene rings is 1. The van der Waals surface area contributed by atoms with Gasteiger partial charge in [0.15, 0.2) is 0 Å². The number of hydrogen-bond donors (Lipinski definition) is 1. The average Bonchev–Trinajstić information content (AvgIpc) is 2.79. The number of nitrogens with zero attached hydrogens (tertiary/aromatic N) is 1. The molecule has 0 aliphatic carbocycles. The van der Waals surface area contributed by atoms with Crippen LogP contribution in [-0.4, -0.2) is 33.2 Å². The molecule has 1 N–H and O–H groups in total. The molecule has 1 saturated heterocycles.